The number of hydrogen-bond donors (Lipinski definition) is 0. The van der Waals surface area contributed by atoms with Gasteiger partial charge < -0.3 is 4.74 Å². The molecule has 0 aliphatic carbocycles. The molecule has 0 unspecified atom stereocenters. The highest BCUT2D eigenvalue weighted by Crippen LogP contribution is 2.23. The smallest absolute Gasteiger partial charge is 0.422 e. The van der Waals surface area contributed by atoms with Gasteiger partial charge in [0.1, 0.15) is 11.6 Å². The lowest BCUT2D eigenvalue weighted by Crippen LogP contribution is -2.19. The Morgan fingerprint density at radius 2 is 1.93 bits per heavy atom. The predicted octanol–water partition coefficient (Wildman–Crippen LogP) is 3.53. The Labute approximate surface area is 85.8 Å². The zero-order valence-corrected chi connectivity index (χ0v) is 8.32. The van der Waals surface area contributed by atoms with Crippen LogP contribution in [0.15, 0.2) is 22.7 Å². The number of alkyl halides is 3. The molecule has 14 heavy (non-hydrogen) atoms. The van der Waals surface area contributed by atoms with Gasteiger partial charge in [-0.1, -0.05) is 0 Å². The third-order valence-corrected chi connectivity index (χ3v) is 1.90. The predicted molar refractivity (Wildman–Crippen MR) is 45.7 cm³/mol. The quantitative estimate of drug-likeness (QED) is 0.749. The first kappa shape index (κ1) is 11.3. The fourth-order valence-corrected chi connectivity index (χ4v) is 1.09. The maximum Gasteiger partial charge on any atom is 0.422 e. The summed E-state index contributed by atoms with van der Waals surface area (Å²) in [5, 5.41) is 0. The van der Waals surface area contributed by atoms with Crippen molar-refractivity contribution in [3.8, 4) is 5.75 Å². The summed E-state index contributed by atoms with van der Waals surface area (Å²) in [4.78, 5) is 0. The van der Waals surface area contributed by atoms with Crippen LogP contribution in [0.4, 0.5) is 17.6 Å². The molecule has 0 aliphatic heterocycles. The van der Waals surface area contributed by atoms with Crippen molar-refractivity contribution in [2.45, 2.75) is 6.18 Å². The third kappa shape index (κ3) is 3.53. The van der Waals surface area contributed by atoms with Crippen LogP contribution < -0.4 is 4.74 Å². The topological polar surface area (TPSA) is 9.23 Å². The van der Waals surface area contributed by atoms with Gasteiger partial charge >= 0.3 is 6.18 Å². The van der Waals surface area contributed by atoms with Crippen LogP contribution in [0.5, 0.6) is 5.75 Å². The van der Waals surface area contributed by atoms with E-state index in [1.165, 1.54) is 0 Å². The van der Waals surface area contributed by atoms with Crippen molar-refractivity contribution in [1.29, 1.82) is 0 Å². The Kier molecular flexibility index (Phi) is 3.36. The van der Waals surface area contributed by atoms with Gasteiger partial charge in [-0.15, -0.1) is 0 Å². The Balaban J connectivity index is 2.65. The molecular weight excluding hydrogens is 268 g/mol. The van der Waals surface area contributed by atoms with Gasteiger partial charge in [0.25, 0.3) is 0 Å². The third-order valence-electron chi connectivity index (χ3n) is 1.29. The summed E-state index contributed by atoms with van der Waals surface area (Å²) in [6, 6.07) is 3.29. The van der Waals surface area contributed by atoms with Crippen LogP contribution in [0.2, 0.25) is 0 Å². The second-order valence-electron chi connectivity index (χ2n) is 2.48. The highest BCUT2D eigenvalue weighted by molar-refractivity contribution is 9.10. The van der Waals surface area contributed by atoms with E-state index in [-0.39, 0.29) is 10.2 Å². The molecule has 0 fully saturated rings. The minimum Gasteiger partial charge on any atom is -0.484 e. The van der Waals surface area contributed by atoms with Crippen LogP contribution in [-0.2, 0) is 0 Å². The molecule has 0 heterocycles. The molecule has 1 nitrogen and oxygen atoms in total. The van der Waals surface area contributed by atoms with Crippen LogP contribution in [0.3, 0.4) is 0 Å². The molecule has 0 spiro atoms. The van der Waals surface area contributed by atoms with Crippen molar-refractivity contribution in [3.63, 3.8) is 0 Å². The first-order valence-electron chi connectivity index (χ1n) is 3.53. The zero-order chi connectivity index (χ0) is 10.8. The summed E-state index contributed by atoms with van der Waals surface area (Å²) in [6.45, 7) is -1.38. The van der Waals surface area contributed by atoms with Crippen LogP contribution >= 0.6 is 15.9 Å². The summed E-state index contributed by atoms with van der Waals surface area (Å²) in [6.07, 6.45) is -4.39. The lowest BCUT2D eigenvalue weighted by Gasteiger charge is -2.09. The van der Waals surface area contributed by atoms with E-state index in [4.69, 9.17) is 0 Å². The first-order valence-corrected chi connectivity index (χ1v) is 4.32. The average Bonchev–Trinajstić information content (AvgIpc) is 2.06. The molecular formula is C8H5BrF4O. The SMILES string of the molecule is Fc1ccc(OCC(F)(F)F)cc1Br. The van der Waals surface area contributed by atoms with E-state index >= 15 is 0 Å². The molecule has 0 saturated carbocycles. The number of halogens is 5. The summed E-state index contributed by atoms with van der Waals surface area (Å²) >= 11 is 2.83. The molecule has 0 saturated heterocycles. The summed E-state index contributed by atoms with van der Waals surface area (Å²) < 4.78 is 52.2. The van der Waals surface area contributed by atoms with Gasteiger partial charge in [-0.25, -0.2) is 4.39 Å². The lowest BCUT2D eigenvalue weighted by atomic mass is 10.3. The van der Waals surface area contributed by atoms with Crippen molar-refractivity contribution >= 4 is 15.9 Å². The lowest BCUT2D eigenvalue weighted by molar-refractivity contribution is -0.153. The van der Waals surface area contributed by atoms with E-state index in [0.29, 0.717) is 0 Å². The van der Waals surface area contributed by atoms with Crippen molar-refractivity contribution in [3.05, 3.63) is 28.5 Å². The minimum atomic E-state index is -4.39. The molecule has 0 atom stereocenters. The summed E-state index contributed by atoms with van der Waals surface area (Å²) in [7, 11) is 0. The molecule has 1 aromatic carbocycles. The average molecular weight is 273 g/mol. The van der Waals surface area contributed by atoms with Crippen molar-refractivity contribution in [2.24, 2.45) is 0 Å². The second kappa shape index (κ2) is 4.16. The Bertz CT molecular complexity index is 324. The molecule has 1 rings (SSSR count). The van der Waals surface area contributed by atoms with Crippen molar-refractivity contribution < 1.29 is 22.3 Å². The van der Waals surface area contributed by atoms with Crippen LogP contribution in [0.1, 0.15) is 0 Å². The largest absolute Gasteiger partial charge is 0.484 e. The fraction of sp³-hybridized carbons (Fsp3) is 0.250. The molecule has 0 aliphatic rings. The van der Waals surface area contributed by atoms with Crippen LogP contribution in [0.25, 0.3) is 0 Å². The van der Waals surface area contributed by atoms with Crippen molar-refractivity contribution in [1.82, 2.24) is 0 Å². The molecule has 0 radical (unpaired) electrons. The fourth-order valence-electron chi connectivity index (χ4n) is 0.732. The van der Waals surface area contributed by atoms with Gasteiger partial charge in [0.2, 0.25) is 0 Å². The molecule has 6 heteroatoms. The normalized spacial score (nSPS) is 11.5. The van der Waals surface area contributed by atoms with Gasteiger partial charge in [-0.3, -0.25) is 0 Å². The standard InChI is InChI=1S/C8H5BrF4O/c9-6-3-5(1-2-7(6)10)14-4-8(11,12)13/h1-3H,4H2. The number of hydrogen-bond acceptors (Lipinski definition) is 1. The molecule has 0 amide bonds. The second-order valence-corrected chi connectivity index (χ2v) is 3.33. The van der Waals surface area contributed by atoms with Gasteiger partial charge in [0, 0.05) is 0 Å². The van der Waals surface area contributed by atoms with E-state index in [0.717, 1.165) is 18.2 Å². The van der Waals surface area contributed by atoms with Crippen LogP contribution in [0, 0.1) is 5.82 Å². The molecule has 0 N–H and O–H groups in total. The summed E-state index contributed by atoms with van der Waals surface area (Å²) in [5.74, 6) is -0.583. The first-order chi connectivity index (χ1) is 6.38. The van der Waals surface area contributed by atoms with Crippen molar-refractivity contribution in [2.75, 3.05) is 6.61 Å². The summed E-state index contributed by atoms with van der Waals surface area (Å²) in [5.41, 5.74) is 0. The maximum atomic E-state index is 12.6. The van der Waals surface area contributed by atoms with E-state index in [1.807, 2.05) is 0 Å². The highest BCUT2D eigenvalue weighted by atomic mass is 79.9. The van der Waals surface area contributed by atoms with E-state index < -0.39 is 18.6 Å². The van der Waals surface area contributed by atoms with E-state index in [1.54, 1.807) is 0 Å². The Morgan fingerprint density at radius 1 is 1.29 bits per heavy atom. The molecule has 0 bridgehead atoms. The molecule has 1 aromatic rings. The number of ether oxygens (including phenoxy) is 1. The van der Waals surface area contributed by atoms with Gasteiger partial charge in [0.15, 0.2) is 6.61 Å². The maximum absolute atomic E-state index is 12.6. The van der Waals surface area contributed by atoms with Gasteiger partial charge in [0.05, 0.1) is 4.47 Å². The number of benzene rings is 1. The molecule has 0 aromatic heterocycles. The monoisotopic (exact) mass is 272 g/mol. The molecule has 78 valence electrons. The highest BCUT2D eigenvalue weighted by Gasteiger charge is 2.28. The van der Waals surface area contributed by atoms with Gasteiger partial charge in [-0.05, 0) is 34.1 Å². The van der Waals surface area contributed by atoms with Crippen LogP contribution in [-0.4, -0.2) is 12.8 Å². The Hall–Kier alpha value is -0.780. The Morgan fingerprint density at radius 3 is 2.43 bits per heavy atom. The zero-order valence-electron chi connectivity index (χ0n) is 6.74. The van der Waals surface area contributed by atoms with E-state index in [9.17, 15) is 17.6 Å². The van der Waals surface area contributed by atoms with Gasteiger partial charge in [-0.2, -0.15) is 13.2 Å². The minimum absolute atomic E-state index is 0.0319. The number of rotatable bonds is 2. The van der Waals surface area contributed by atoms with E-state index in [2.05, 4.69) is 20.7 Å².